The van der Waals surface area contributed by atoms with Crippen LogP contribution in [0.2, 0.25) is 0 Å². The van der Waals surface area contributed by atoms with Gasteiger partial charge >= 0.3 is 0 Å². The molecule has 178 valence electrons. The molecule has 0 atom stereocenters. The average Bonchev–Trinajstić information content (AvgIpc) is 3.31. The van der Waals surface area contributed by atoms with Crippen LogP contribution in [0.15, 0.2) is 23.5 Å². The number of carbonyl (C=O) groups excluding carboxylic acids is 1. The van der Waals surface area contributed by atoms with Gasteiger partial charge in [0.15, 0.2) is 5.96 Å². The van der Waals surface area contributed by atoms with Crippen molar-refractivity contribution in [3.63, 3.8) is 0 Å². The number of hydrogen-bond donors (Lipinski definition) is 2. The van der Waals surface area contributed by atoms with E-state index in [9.17, 15) is 4.79 Å². The quantitative estimate of drug-likeness (QED) is 0.418. The maximum atomic E-state index is 12.7. The predicted octanol–water partition coefficient (Wildman–Crippen LogP) is 1.67. The van der Waals surface area contributed by atoms with E-state index in [-0.39, 0.29) is 11.3 Å². The molecule has 1 aliphatic carbocycles. The molecule has 0 spiro atoms. The molecule has 1 aromatic rings. The third kappa shape index (κ3) is 7.05. The van der Waals surface area contributed by atoms with Gasteiger partial charge in [-0.25, -0.2) is 9.97 Å². The molecule has 2 heterocycles. The first-order chi connectivity index (χ1) is 15.7. The van der Waals surface area contributed by atoms with E-state index < -0.39 is 0 Å². The minimum Gasteiger partial charge on any atom is -0.385 e. The van der Waals surface area contributed by atoms with Crippen molar-refractivity contribution in [3.05, 3.63) is 18.5 Å². The summed E-state index contributed by atoms with van der Waals surface area (Å²) in [5.41, 5.74) is 0.260. The molecule has 0 unspecified atom stereocenters. The van der Waals surface area contributed by atoms with Gasteiger partial charge in [0.1, 0.15) is 0 Å². The van der Waals surface area contributed by atoms with Crippen molar-refractivity contribution in [1.82, 2.24) is 25.5 Å². The van der Waals surface area contributed by atoms with Crippen molar-refractivity contribution in [2.45, 2.75) is 45.4 Å². The number of ether oxygens (including phenoxy) is 1. The number of aliphatic imine (C=N–C) groups is 1. The number of hydrogen-bond acceptors (Lipinski definition) is 6. The number of nitrogens with zero attached hydrogens (tertiary/aromatic N) is 5. The molecule has 9 nitrogen and oxygen atoms in total. The Morgan fingerprint density at radius 1 is 1.16 bits per heavy atom. The molecule has 0 bridgehead atoms. The molecule has 1 saturated carbocycles. The zero-order valence-electron chi connectivity index (χ0n) is 19.7. The van der Waals surface area contributed by atoms with Crippen LogP contribution in [0.25, 0.3) is 0 Å². The van der Waals surface area contributed by atoms with Crippen molar-refractivity contribution < 1.29 is 9.53 Å². The summed E-state index contributed by atoms with van der Waals surface area (Å²) in [5.74, 6) is 1.71. The largest absolute Gasteiger partial charge is 0.385 e. The number of aromatic nitrogens is 2. The molecular weight excluding hydrogens is 406 g/mol. The molecule has 3 rings (SSSR count). The first-order valence-electron chi connectivity index (χ1n) is 12.0. The highest BCUT2D eigenvalue weighted by Gasteiger charge is 2.33. The second-order valence-corrected chi connectivity index (χ2v) is 8.74. The third-order valence-electron chi connectivity index (χ3n) is 6.52. The molecule has 2 N–H and O–H groups in total. The highest BCUT2D eigenvalue weighted by molar-refractivity contribution is 5.81. The number of guanidine groups is 1. The Labute approximate surface area is 192 Å². The zero-order chi connectivity index (χ0) is 22.7. The zero-order valence-corrected chi connectivity index (χ0v) is 19.7. The number of rotatable bonds is 10. The Hall–Kier alpha value is -2.42. The molecule has 2 fully saturated rings. The number of nitrogens with one attached hydrogen (secondary N) is 2. The SMILES string of the molecule is CCNC(=NCC1(CCOC)CCCC1)NCCC(=O)N1CCN(c2ncccn2)CC1. The number of amides is 1. The number of methoxy groups -OCH3 is 1. The van der Waals surface area contributed by atoms with Crippen LogP contribution in [-0.2, 0) is 9.53 Å². The van der Waals surface area contributed by atoms with Crippen LogP contribution in [0.4, 0.5) is 5.95 Å². The molecule has 1 saturated heterocycles. The minimum absolute atomic E-state index is 0.175. The Morgan fingerprint density at radius 3 is 2.53 bits per heavy atom. The summed E-state index contributed by atoms with van der Waals surface area (Å²) in [6.45, 7) is 7.97. The molecule has 1 aliphatic heterocycles. The van der Waals surface area contributed by atoms with Gasteiger partial charge in [-0.15, -0.1) is 0 Å². The second kappa shape index (κ2) is 12.6. The molecular formula is C23H39N7O2. The number of piperazine rings is 1. The van der Waals surface area contributed by atoms with E-state index in [4.69, 9.17) is 9.73 Å². The van der Waals surface area contributed by atoms with Gasteiger partial charge in [-0.2, -0.15) is 0 Å². The molecule has 1 amide bonds. The first kappa shape index (κ1) is 24.2. The van der Waals surface area contributed by atoms with Gasteiger partial charge < -0.3 is 25.2 Å². The normalized spacial score (nSPS) is 18.6. The first-order valence-corrected chi connectivity index (χ1v) is 12.0. The summed E-state index contributed by atoms with van der Waals surface area (Å²) in [7, 11) is 1.77. The van der Waals surface area contributed by atoms with Gasteiger partial charge in [0.2, 0.25) is 11.9 Å². The van der Waals surface area contributed by atoms with Crippen molar-refractivity contribution >= 4 is 17.8 Å². The second-order valence-electron chi connectivity index (χ2n) is 8.74. The molecule has 9 heteroatoms. The lowest BCUT2D eigenvalue weighted by Gasteiger charge is -2.34. The highest BCUT2D eigenvalue weighted by Crippen LogP contribution is 2.41. The molecule has 32 heavy (non-hydrogen) atoms. The number of carbonyl (C=O) groups is 1. The van der Waals surface area contributed by atoms with Gasteiger partial charge in [-0.1, -0.05) is 12.8 Å². The van der Waals surface area contributed by atoms with Crippen LogP contribution in [0, 0.1) is 5.41 Å². The molecule has 1 aromatic heterocycles. The Kier molecular flexibility index (Phi) is 9.52. The fourth-order valence-corrected chi connectivity index (χ4v) is 4.58. The fourth-order valence-electron chi connectivity index (χ4n) is 4.58. The Bertz CT molecular complexity index is 714. The lowest BCUT2D eigenvalue weighted by Crippen LogP contribution is -2.50. The lowest BCUT2D eigenvalue weighted by atomic mass is 9.83. The van der Waals surface area contributed by atoms with Gasteiger partial charge in [-0.3, -0.25) is 9.79 Å². The van der Waals surface area contributed by atoms with E-state index in [1.165, 1.54) is 25.7 Å². The van der Waals surface area contributed by atoms with Crippen molar-refractivity contribution in [3.8, 4) is 0 Å². The average molecular weight is 446 g/mol. The number of anilines is 1. The molecule has 0 aromatic carbocycles. The Morgan fingerprint density at radius 2 is 1.88 bits per heavy atom. The van der Waals surface area contributed by atoms with E-state index >= 15 is 0 Å². The van der Waals surface area contributed by atoms with E-state index in [1.807, 2.05) is 11.0 Å². The monoisotopic (exact) mass is 445 g/mol. The summed E-state index contributed by atoms with van der Waals surface area (Å²) in [5, 5.41) is 6.67. The van der Waals surface area contributed by atoms with Crippen LogP contribution >= 0.6 is 0 Å². The van der Waals surface area contributed by atoms with E-state index in [0.717, 1.165) is 51.1 Å². The Balaban J connectivity index is 1.43. The maximum absolute atomic E-state index is 12.7. The van der Waals surface area contributed by atoms with Crippen LogP contribution < -0.4 is 15.5 Å². The summed E-state index contributed by atoms with van der Waals surface area (Å²) in [4.78, 5) is 30.2. The van der Waals surface area contributed by atoms with Crippen molar-refractivity contribution in [2.24, 2.45) is 10.4 Å². The van der Waals surface area contributed by atoms with E-state index in [0.29, 0.717) is 26.1 Å². The highest BCUT2D eigenvalue weighted by atomic mass is 16.5. The van der Waals surface area contributed by atoms with Crippen LogP contribution in [0.5, 0.6) is 0 Å². The summed E-state index contributed by atoms with van der Waals surface area (Å²) in [6, 6.07) is 1.81. The minimum atomic E-state index is 0.175. The fraction of sp³-hybridized carbons (Fsp3) is 0.739. The standard InChI is InChI=1S/C23H39N7O2/c1-3-24-21(28-19-23(10-18-32-2)8-4-5-9-23)25-13-7-20(31)29-14-16-30(17-15-29)22-26-11-6-12-27-22/h6,11-12H,3-5,7-10,13-19H2,1-2H3,(H2,24,25,28). The smallest absolute Gasteiger partial charge is 0.225 e. The third-order valence-corrected chi connectivity index (χ3v) is 6.52. The van der Waals surface area contributed by atoms with Crippen molar-refractivity contribution in [1.29, 1.82) is 0 Å². The van der Waals surface area contributed by atoms with E-state index in [1.54, 1.807) is 19.5 Å². The van der Waals surface area contributed by atoms with Gasteiger partial charge in [0, 0.05) is 78.3 Å². The maximum Gasteiger partial charge on any atom is 0.225 e. The summed E-state index contributed by atoms with van der Waals surface area (Å²) >= 11 is 0. The van der Waals surface area contributed by atoms with Gasteiger partial charge in [0.05, 0.1) is 0 Å². The lowest BCUT2D eigenvalue weighted by molar-refractivity contribution is -0.131. The molecule has 2 aliphatic rings. The van der Waals surface area contributed by atoms with Crippen LogP contribution in [0.1, 0.15) is 45.4 Å². The van der Waals surface area contributed by atoms with Crippen LogP contribution in [-0.4, -0.2) is 86.3 Å². The van der Waals surface area contributed by atoms with Crippen molar-refractivity contribution in [2.75, 3.05) is 64.4 Å². The topological polar surface area (TPSA) is 95.0 Å². The van der Waals surface area contributed by atoms with Gasteiger partial charge in [0.25, 0.3) is 0 Å². The van der Waals surface area contributed by atoms with Gasteiger partial charge in [-0.05, 0) is 37.7 Å². The molecule has 0 radical (unpaired) electrons. The van der Waals surface area contributed by atoms with E-state index in [2.05, 4.69) is 32.4 Å². The summed E-state index contributed by atoms with van der Waals surface area (Å²) in [6.07, 6.45) is 10.0. The summed E-state index contributed by atoms with van der Waals surface area (Å²) < 4.78 is 5.33. The predicted molar refractivity (Wildman–Crippen MR) is 127 cm³/mol. The van der Waals surface area contributed by atoms with Crippen LogP contribution in [0.3, 0.4) is 0 Å².